The highest BCUT2D eigenvalue weighted by Gasteiger charge is 2.12. The molecular formula is C11H8BrN5O. The van der Waals surface area contributed by atoms with E-state index in [1.165, 1.54) is 6.33 Å². The summed E-state index contributed by atoms with van der Waals surface area (Å²) in [7, 11) is 0. The zero-order chi connectivity index (χ0) is 12.5. The number of halogens is 1. The summed E-state index contributed by atoms with van der Waals surface area (Å²) in [5.74, 6) is 1.32. The molecule has 2 aromatic heterocycles. The Labute approximate surface area is 111 Å². The summed E-state index contributed by atoms with van der Waals surface area (Å²) < 4.78 is 6.20. The molecule has 0 radical (unpaired) electrons. The van der Waals surface area contributed by atoms with Crippen LogP contribution in [0.4, 0.5) is 0 Å². The van der Waals surface area contributed by atoms with Crippen LogP contribution in [0.5, 0.6) is 0 Å². The predicted molar refractivity (Wildman–Crippen MR) is 67.5 cm³/mol. The van der Waals surface area contributed by atoms with Gasteiger partial charge in [-0.3, -0.25) is 5.10 Å². The quantitative estimate of drug-likeness (QED) is 0.787. The maximum Gasteiger partial charge on any atom is 0.258 e. The summed E-state index contributed by atoms with van der Waals surface area (Å²) in [6.45, 7) is 2.02. The van der Waals surface area contributed by atoms with Crippen LogP contribution in [0.2, 0.25) is 0 Å². The van der Waals surface area contributed by atoms with Gasteiger partial charge in [-0.2, -0.15) is 10.1 Å². The largest absolute Gasteiger partial charge is 0.333 e. The van der Waals surface area contributed by atoms with Crippen LogP contribution in [0.25, 0.3) is 23.1 Å². The molecule has 0 spiro atoms. The number of aromatic nitrogens is 5. The number of rotatable bonds is 2. The van der Waals surface area contributed by atoms with Gasteiger partial charge in [0, 0.05) is 10.0 Å². The number of hydrogen-bond donors (Lipinski definition) is 1. The van der Waals surface area contributed by atoms with E-state index in [9.17, 15) is 0 Å². The van der Waals surface area contributed by atoms with Gasteiger partial charge in [-0.25, -0.2) is 4.98 Å². The van der Waals surface area contributed by atoms with E-state index in [0.717, 1.165) is 15.6 Å². The van der Waals surface area contributed by atoms with Crippen LogP contribution in [0, 0.1) is 6.92 Å². The SMILES string of the molecule is Cc1ccc(-c2nc(-c3ncn[nH]3)no2)cc1Br. The molecule has 0 atom stereocenters. The molecule has 3 aromatic rings. The van der Waals surface area contributed by atoms with Gasteiger partial charge in [-0.15, -0.1) is 0 Å². The Kier molecular flexibility index (Phi) is 2.67. The summed E-state index contributed by atoms with van der Waals surface area (Å²) >= 11 is 3.47. The maximum atomic E-state index is 5.20. The third kappa shape index (κ3) is 1.92. The van der Waals surface area contributed by atoms with E-state index >= 15 is 0 Å². The topological polar surface area (TPSA) is 80.5 Å². The summed E-state index contributed by atoms with van der Waals surface area (Å²) in [5.41, 5.74) is 2.00. The van der Waals surface area contributed by atoms with Crippen molar-refractivity contribution in [2.75, 3.05) is 0 Å². The van der Waals surface area contributed by atoms with Crippen molar-refractivity contribution in [2.24, 2.45) is 0 Å². The molecule has 0 fully saturated rings. The smallest absolute Gasteiger partial charge is 0.258 e. The molecule has 18 heavy (non-hydrogen) atoms. The van der Waals surface area contributed by atoms with Gasteiger partial charge in [0.05, 0.1) is 0 Å². The average Bonchev–Trinajstić information content (AvgIpc) is 3.01. The second-order valence-corrected chi connectivity index (χ2v) is 4.58. The van der Waals surface area contributed by atoms with E-state index in [2.05, 4.69) is 41.3 Å². The Morgan fingerprint density at radius 3 is 2.94 bits per heavy atom. The monoisotopic (exact) mass is 305 g/mol. The molecular weight excluding hydrogens is 298 g/mol. The Balaban J connectivity index is 2.00. The lowest BCUT2D eigenvalue weighted by Crippen LogP contribution is -1.84. The standard InChI is InChI=1S/C11H8BrN5O/c1-6-2-3-7(4-8(6)12)11-15-10(17-18-11)9-13-5-14-16-9/h2-5H,1H3,(H,13,14,16). The van der Waals surface area contributed by atoms with Gasteiger partial charge in [0.1, 0.15) is 6.33 Å². The fourth-order valence-electron chi connectivity index (χ4n) is 1.48. The van der Waals surface area contributed by atoms with Gasteiger partial charge in [0.2, 0.25) is 5.82 Å². The first kappa shape index (κ1) is 11.1. The summed E-state index contributed by atoms with van der Waals surface area (Å²) in [4.78, 5) is 8.23. The number of nitrogens with one attached hydrogen (secondary N) is 1. The Bertz CT molecular complexity index is 677. The minimum atomic E-state index is 0.388. The van der Waals surface area contributed by atoms with Crippen LogP contribution in [0.1, 0.15) is 5.56 Å². The van der Waals surface area contributed by atoms with Gasteiger partial charge >= 0.3 is 0 Å². The first-order valence-corrected chi connectivity index (χ1v) is 5.99. The number of nitrogens with zero attached hydrogens (tertiary/aromatic N) is 4. The highest BCUT2D eigenvalue weighted by Crippen LogP contribution is 2.25. The second kappa shape index (κ2) is 4.34. The van der Waals surface area contributed by atoms with E-state index in [1.54, 1.807) is 0 Å². The average molecular weight is 306 g/mol. The first-order valence-electron chi connectivity index (χ1n) is 5.20. The third-order valence-electron chi connectivity index (χ3n) is 2.47. The Morgan fingerprint density at radius 1 is 1.33 bits per heavy atom. The number of H-pyrrole nitrogens is 1. The summed E-state index contributed by atoms with van der Waals surface area (Å²) in [6, 6.07) is 5.85. The van der Waals surface area contributed by atoms with E-state index in [0.29, 0.717) is 17.5 Å². The van der Waals surface area contributed by atoms with E-state index in [4.69, 9.17) is 4.52 Å². The van der Waals surface area contributed by atoms with Crippen molar-refractivity contribution in [1.82, 2.24) is 25.3 Å². The summed E-state index contributed by atoms with van der Waals surface area (Å²) in [6.07, 6.45) is 1.40. The lowest BCUT2D eigenvalue weighted by molar-refractivity contribution is 0.432. The van der Waals surface area contributed by atoms with Crippen LogP contribution in [0.3, 0.4) is 0 Å². The molecule has 0 amide bonds. The minimum absolute atomic E-state index is 0.388. The number of benzene rings is 1. The molecule has 90 valence electrons. The highest BCUT2D eigenvalue weighted by molar-refractivity contribution is 9.10. The molecule has 0 bridgehead atoms. The van der Waals surface area contributed by atoms with Crippen LogP contribution in [-0.4, -0.2) is 25.3 Å². The van der Waals surface area contributed by atoms with E-state index < -0.39 is 0 Å². The van der Waals surface area contributed by atoms with Gasteiger partial charge < -0.3 is 4.52 Å². The Hall–Kier alpha value is -2.02. The van der Waals surface area contributed by atoms with Crippen LogP contribution >= 0.6 is 15.9 Å². The second-order valence-electron chi connectivity index (χ2n) is 3.72. The number of aryl methyl sites for hydroxylation is 1. The lowest BCUT2D eigenvalue weighted by Gasteiger charge is -1.98. The van der Waals surface area contributed by atoms with Gasteiger partial charge in [-0.05, 0) is 24.6 Å². The molecule has 6 nitrogen and oxygen atoms in total. The zero-order valence-corrected chi connectivity index (χ0v) is 11.0. The van der Waals surface area contributed by atoms with Crippen LogP contribution in [-0.2, 0) is 0 Å². The number of hydrogen-bond acceptors (Lipinski definition) is 5. The maximum absolute atomic E-state index is 5.20. The molecule has 2 heterocycles. The molecule has 3 rings (SSSR count). The number of aromatic amines is 1. The summed E-state index contributed by atoms with van der Waals surface area (Å²) in [5, 5.41) is 10.3. The molecule has 0 saturated heterocycles. The molecule has 0 aliphatic carbocycles. The molecule has 0 aliphatic rings. The normalized spacial score (nSPS) is 10.8. The van der Waals surface area contributed by atoms with Crippen molar-refractivity contribution in [3.8, 4) is 23.1 Å². The molecule has 7 heteroatoms. The highest BCUT2D eigenvalue weighted by atomic mass is 79.9. The predicted octanol–water partition coefficient (Wildman–Crippen LogP) is 2.59. The van der Waals surface area contributed by atoms with E-state index in [1.807, 2.05) is 25.1 Å². The Morgan fingerprint density at radius 2 is 2.22 bits per heavy atom. The molecule has 1 N–H and O–H groups in total. The van der Waals surface area contributed by atoms with Crippen molar-refractivity contribution < 1.29 is 4.52 Å². The first-order chi connectivity index (χ1) is 8.74. The van der Waals surface area contributed by atoms with Crippen molar-refractivity contribution in [2.45, 2.75) is 6.92 Å². The van der Waals surface area contributed by atoms with Crippen molar-refractivity contribution >= 4 is 15.9 Å². The molecule has 0 aliphatic heterocycles. The lowest BCUT2D eigenvalue weighted by atomic mass is 10.1. The van der Waals surface area contributed by atoms with E-state index in [-0.39, 0.29) is 0 Å². The van der Waals surface area contributed by atoms with Crippen LogP contribution in [0.15, 0.2) is 33.5 Å². The van der Waals surface area contributed by atoms with Crippen molar-refractivity contribution in [3.63, 3.8) is 0 Å². The van der Waals surface area contributed by atoms with Crippen LogP contribution < -0.4 is 0 Å². The molecule has 0 saturated carbocycles. The molecule has 0 unspecified atom stereocenters. The van der Waals surface area contributed by atoms with Crippen molar-refractivity contribution in [1.29, 1.82) is 0 Å². The third-order valence-corrected chi connectivity index (χ3v) is 3.33. The minimum Gasteiger partial charge on any atom is -0.333 e. The van der Waals surface area contributed by atoms with Gasteiger partial charge in [-0.1, -0.05) is 27.2 Å². The zero-order valence-electron chi connectivity index (χ0n) is 9.38. The fourth-order valence-corrected chi connectivity index (χ4v) is 1.85. The van der Waals surface area contributed by atoms with Crippen molar-refractivity contribution in [3.05, 3.63) is 34.6 Å². The van der Waals surface area contributed by atoms with Gasteiger partial charge in [0.15, 0.2) is 5.82 Å². The molecule has 1 aromatic carbocycles. The fraction of sp³-hybridized carbons (Fsp3) is 0.0909. The van der Waals surface area contributed by atoms with Gasteiger partial charge in [0.25, 0.3) is 5.89 Å².